The molecule has 0 aliphatic rings. The normalized spacial score (nSPS) is 12.2. The second kappa shape index (κ2) is 35.7. The van der Waals surface area contributed by atoms with Crippen molar-refractivity contribution < 1.29 is 29.0 Å². The van der Waals surface area contributed by atoms with E-state index in [4.69, 9.17) is 14.6 Å². The zero-order valence-electron chi connectivity index (χ0n) is 30.1. The molecule has 0 radical (unpaired) electrons. The third-order valence-corrected chi connectivity index (χ3v) is 8.46. The van der Waals surface area contributed by atoms with Gasteiger partial charge in [-0.25, -0.2) is 0 Å². The van der Waals surface area contributed by atoms with Gasteiger partial charge in [0.2, 0.25) is 0 Å². The van der Waals surface area contributed by atoms with Crippen LogP contribution >= 0.6 is 0 Å². The minimum absolute atomic E-state index is 0.00182. The Morgan fingerprint density at radius 1 is 0.522 bits per heavy atom. The third kappa shape index (κ3) is 34.8. The molecule has 0 aromatic rings. The Labute approximate surface area is 283 Å². The summed E-state index contributed by atoms with van der Waals surface area (Å²) in [5, 5.41) is 8.58. The van der Waals surface area contributed by atoms with Crippen molar-refractivity contribution in [3.05, 3.63) is 24.3 Å². The molecular formula is C40H72O6. The Kier molecular flexibility index (Phi) is 34.1. The lowest BCUT2D eigenvalue weighted by Crippen LogP contribution is -2.17. The molecule has 1 N–H and O–H groups in total. The van der Waals surface area contributed by atoms with Crippen LogP contribution in [-0.2, 0) is 23.9 Å². The van der Waals surface area contributed by atoms with Gasteiger partial charge < -0.3 is 14.6 Å². The molecular weight excluding hydrogens is 576 g/mol. The zero-order valence-corrected chi connectivity index (χ0v) is 30.1. The van der Waals surface area contributed by atoms with Gasteiger partial charge in [-0.05, 0) is 64.2 Å². The molecule has 0 bridgehead atoms. The van der Waals surface area contributed by atoms with Gasteiger partial charge in [-0.15, -0.1) is 0 Å². The molecule has 0 aromatic carbocycles. The average Bonchev–Trinajstić information content (AvgIpc) is 3.04. The minimum Gasteiger partial charge on any atom is -0.481 e. The van der Waals surface area contributed by atoms with Crippen LogP contribution in [-0.4, -0.2) is 35.7 Å². The molecule has 268 valence electrons. The highest BCUT2D eigenvalue weighted by Gasteiger charge is 2.13. The van der Waals surface area contributed by atoms with E-state index < -0.39 is 11.9 Å². The van der Waals surface area contributed by atoms with Gasteiger partial charge in [0.05, 0.1) is 19.4 Å². The molecule has 0 aromatic heterocycles. The molecule has 6 heteroatoms. The molecule has 0 aliphatic heterocycles. The minimum atomic E-state index is -0.975. The maximum Gasteiger partial charge on any atom is 0.306 e. The predicted molar refractivity (Wildman–Crippen MR) is 192 cm³/mol. The van der Waals surface area contributed by atoms with E-state index in [1.807, 2.05) is 0 Å². The summed E-state index contributed by atoms with van der Waals surface area (Å²) in [4.78, 5) is 34.4. The van der Waals surface area contributed by atoms with Gasteiger partial charge in [-0.1, -0.05) is 134 Å². The Balaban J connectivity index is 3.91. The first-order valence-electron chi connectivity index (χ1n) is 19.4. The van der Waals surface area contributed by atoms with E-state index in [2.05, 4.69) is 38.2 Å². The Morgan fingerprint density at radius 2 is 1.00 bits per heavy atom. The van der Waals surface area contributed by atoms with E-state index in [-0.39, 0.29) is 24.9 Å². The number of allylic oxidation sites excluding steroid dienone is 3. The van der Waals surface area contributed by atoms with E-state index in [9.17, 15) is 14.4 Å². The first-order chi connectivity index (χ1) is 22.5. The average molecular weight is 649 g/mol. The van der Waals surface area contributed by atoms with Crippen LogP contribution in [0.2, 0.25) is 0 Å². The highest BCUT2D eigenvalue weighted by molar-refractivity contribution is 5.76. The van der Waals surface area contributed by atoms with Crippen LogP contribution in [0.25, 0.3) is 0 Å². The van der Waals surface area contributed by atoms with E-state index in [0.29, 0.717) is 13.0 Å². The Hall–Kier alpha value is -2.11. The molecule has 1 atom stereocenters. The maximum absolute atomic E-state index is 12.6. The number of esters is 2. The SMILES string of the molecule is CCCCCCCC/C=C\CCCCCCCC(=O)O[C@@H](C/C=C\CCCCCCCCOC(=O)CCC(=O)O)CCCCCC. The second-order valence-corrected chi connectivity index (χ2v) is 13.0. The largest absolute Gasteiger partial charge is 0.481 e. The fourth-order valence-electron chi connectivity index (χ4n) is 5.51. The van der Waals surface area contributed by atoms with Crippen molar-refractivity contribution in [1.82, 2.24) is 0 Å². The second-order valence-electron chi connectivity index (χ2n) is 13.0. The van der Waals surface area contributed by atoms with Gasteiger partial charge >= 0.3 is 17.9 Å². The van der Waals surface area contributed by atoms with E-state index in [1.165, 1.54) is 96.3 Å². The van der Waals surface area contributed by atoms with Crippen LogP contribution in [0.15, 0.2) is 24.3 Å². The molecule has 0 saturated heterocycles. The van der Waals surface area contributed by atoms with Crippen molar-refractivity contribution in [2.45, 2.75) is 206 Å². The lowest BCUT2D eigenvalue weighted by Gasteiger charge is -2.16. The molecule has 6 nitrogen and oxygen atoms in total. The number of hydrogen-bond donors (Lipinski definition) is 1. The van der Waals surface area contributed by atoms with Gasteiger partial charge in [-0.3, -0.25) is 14.4 Å². The molecule has 0 unspecified atom stereocenters. The van der Waals surface area contributed by atoms with Crippen molar-refractivity contribution in [2.24, 2.45) is 0 Å². The highest BCUT2D eigenvalue weighted by Crippen LogP contribution is 2.16. The lowest BCUT2D eigenvalue weighted by molar-refractivity contribution is -0.149. The summed E-state index contributed by atoms with van der Waals surface area (Å²) < 4.78 is 11.0. The van der Waals surface area contributed by atoms with Crippen molar-refractivity contribution in [2.75, 3.05) is 6.61 Å². The number of carbonyl (C=O) groups excluding carboxylic acids is 2. The van der Waals surface area contributed by atoms with Crippen LogP contribution in [0.4, 0.5) is 0 Å². The summed E-state index contributed by atoms with van der Waals surface area (Å²) in [5.74, 6) is -1.43. The number of carboxylic acid groups (broad SMARTS) is 1. The predicted octanol–water partition coefficient (Wildman–Crippen LogP) is 12.0. The summed E-state index contributed by atoms with van der Waals surface area (Å²) in [7, 11) is 0. The van der Waals surface area contributed by atoms with Gasteiger partial charge in [0.25, 0.3) is 0 Å². The van der Waals surface area contributed by atoms with Gasteiger partial charge in [0.1, 0.15) is 6.10 Å². The van der Waals surface area contributed by atoms with E-state index in [0.717, 1.165) is 70.6 Å². The third-order valence-electron chi connectivity index (χ3n) is 8.46. The maximum atomic E-state index is 12.6. The molecule has 0 saturated carbocycles. The van der Waals surface area contributed by atoms with Gasteiger partial charge in [0.15, 0.2) is 0 Å². The number of rotatable bonds is 35. The van der Waals surface area contributed by atoms with Crippen LogP contribution in [0, 0.1) is 0 Å². The van der Waals surface area contributed by atoms with Crippen LogP contribution in [0.3, 0.4) is 0 Å². The lowest BCUT2D eigenvalue weighted by atomic mass is 10.1. The fourth-order valence-corrected chi connectivity index (χ4v) is 5.51. The fraction of sp³-hybridized carbons (Fsp3) is 0.825. The summed E-state index contributed by atoms with van der Waals surface area (Å²) in [5.41, 5.74) is 0. The molecule has 0 heterocycles. The summed E-state index contributed by atoms with van der Waals surface area (Å²) in [6, 6.07) is 0. The van der Waals surface area contributed by atoms with Crippen LogP contribution in [0.5, 0.6) is 0 Å². The quantitative estimate of drug-likeness (QED) is 0.0418. The van der Waals surface area contributed by atoms with Gasteiger partial charge in [-0.2, -0.15) is 0 Å². The zero-order chi connectivity index (χ0) is 33.8. The number of aliphatic carboxylic acids is 1. The smallest absolute Gasteiger partial charge is 0.306 e. The first kappa shape index (κ1) is 43.9. The Bertz CT molecular complexity index is 759. The van der Waals surface area contributed by atoms with Crippen molar-refractivity contribution in [1.29, 1.82) is 0 Å². The number of hydrogen-bond acceptors (Lipinski definition) is 5. The number of unbranched alkanes of at least 4 members (excludes halogenated alkanes) is 20. The molecule has 0 amide bonds. The number of ether oxygens (including phenoxy) is 2. The molecule has 0 aliphatic carbocycles. The monoisotopic (exact) mass is 649 g/mol. The van der Waals surface area contributed by atoms with E-state index in [1.54, 1.807) is 0 Å². The summed E-state index contributed by atoms with van der Waals surface area (Å²) >= 11 is 0. The molecule has 0 spiro atoms. The highest BCUT2D eigenvalue weighted by atomic mass is 16.5. The van der Waals surface area contributed by atoms with Crippen LogP contribution in [0.1, 0.15) is 200 Å². The Morgan fingerprint density at radius 3 is 1.57 bits per heavy atom. The molecule has 0 fully saturated rings. The first-order valence-corrected chi connectivity index (χ1v) is 19.4. The standard InChI is InChI=1S/C40H72O6/c1-3-5-7-9-10-11-12-13-14-15-16-19-22-25-29-33-40(44)46-37(31-27-8-6-4-2)32-28-24-21-18-17-20-23-26-30-36-45-39(43)35-34-38(41)42/h13-14,24,28,37H,3-12,15-23,25-27,29-36H2,1-2H3,(H,41,42)/b14-13-,28-24-/t37-/m1/s1. The number of carboxylic acids is 1. The number of carbonyl (C=O) groups is 3. The van der Waals surface area contributed by atoms with Crippen molar-refractivity contribution in [3.63, 3.8) is 0 Å². The van der Waals surface area contributed by atoms with Crippen LogP contribution < -0.4 is 0 Å². The topological polar surface area (TPSA) is 89.9 Å². The van der Waals surface area contributed by atoms with Gasteiger partial charge in [0, 0.05) is 12.8 Å². The van der Waals surface area contributed by atoms with Crippen molar-refractivity contribution >= 4 is 17.9 Å². The summed E-state index contributed by atoms with van der Waals surface area (Å²) in [6.45, 7) is 4.87. The molecule has 0 rings (SSSR count). The summed E-state index contributed by atoms with van der Waals surface area (Å²) in [6.07, 6.45) is 39.9. The van der Waals surface area contributed by atoms with Crippen molar-refractivity contribution in [3.8, 4) is 0 Å². The molecule has 46 heavy (non-hydrogen) atoms. The van der Waals surface area contributed by atoms with E-state index >= 15 is 0 Å².